The first-order valence-electron chi connectivity index (χ1n) is 11.6. The Bertz CT molecular complexity index is 1030. The molecule has 2 aromatic rings. The van der Waals surface area contributed by atoms with E-state index in [1.165, 1.54) is 16.8 Å². The molecule has 0 saturated carbocycles. The van der Waals surface area contributed by atoms with E-state index in [-0.39, 0.29) is 0 Å². The molecular weight excluding hydrogens is 497 g/mol. The maximum atomic E-state index is 5.39. The molecule has 0 spiro atoms. The van der Waals surface area contributed by atoms with Crippen molar-refractivity contribution < 1.29 is 0 Å². The summed E-state index contributed by atoms with van der Waals surface area (Å²) < 4.78 is 0.908. The third-order valence-electron chi connectivity index (χ3n) is 5.36. The topological polar surface area (TPSA) is 40.0 Å². The zero-order valence-corrected chi connectivity index (χ0v) is 23.8. The van der Waals surface area contributed by atoms with Crippen LogP contribution in [0.3, 0.4) is 0 Å². The summed E-state index contributed by atoms with van der Waals surface area (Å²) in [5, 5.41) is 5.50. The van der Waals surface area contributed by atoms with Gasteiger partial charge in [-0.05, 0) is 41.4 Å². The van der Waals surface area contributed by atoms with Crippen LogP contribution in [0.15, 0.2) is 58.5 Å². The van der Waals surface area contributed by atoms with Gasteiger partial charge in [0.05, 0.1) is 12.2 Å². The van der Waals surface area contributed by atoms with Crippen molar-refractivity contribution in [3.8, 4) is 0 Å². The van der Waals surface area contributed by atoms with Crippen molar-refractivity contribution in [2.45, 2.75) is 39.5 Å². The van der Waals surface area contributed by atoms with Gasteiger partial charge >= 0.3 is 0 Å². The van der Waals surface area contributed by atoms with Crippen molar-refractivity contribution in [3.63, 3.8) is 0 Å². The molecule has 0 radical (unpaired) electrons. The van der Waals surface area contributed by atoms with E-state index in [4.69, 9.17) is 17.2 Å². The standard InChI is InChI=1S/C14H18N2S3.C12H16N2S/c1-10(2)11-6-4-5-7-12(11)15-13-16(8-9-19-13)14(17)18-3;1-9(2)10-5-3-4-6-11(10)14-12-13-7-8-15-12/h4-7,10H,8-9H2,1-3H3;3-6,9H,7-8H2,1-2H3,(H,13,14). The lowest BCUT2D eigenvalue weighted by Gasteiger charge is -2.17. The van der Waals surface area contributed by atoms with Gasteiger partial charge in [-0.1, -0.05) is 112 Å². The molecule has 34 heavy (non-hydrogen) atoms. The average molecular weight is 531 g/mol. The lowest BCUT2D eigenvalue weighted by Crippen LogP contribution is -2.27. The minimum atomic E-state index is 0.480. The number of thioether (sulfide) groups is 3. The molecule has 1 saturated heterocycles. The van der Waals surface area contributed by atoms with Crippen LogP contribution < -0.4 is 5.32 Å². The molecule has 0 unspecified atom stereocenters. The summed E-state index contributed by atoms with van der Waals surface area (Å²) in [6.45, 7) is 10.7. The van der Waals surface area contributed by atoms with E-state index in [1.807, 2.05) is 12.3 Å². The van der Waals surface area contributed by atoms with Gasteiger partial charge in [-0.3, -0.25) is 4.99 Å². The second kappa shape index (κ2) is 13.6. The number of amidine groups is 2. The Balaban J connectivity index is 0.000000196. The van der Waals surface area contributed by atoms with Gasteiger partial charge in [-0.25, -0.2) is 4.99 Å². The van der Waals surface area contributed by atoms with Crippen molar-refractivity contribution in [2.75, 3.05) is 36.2 Å². The van der Waals surface area contributed by atoms with Gasteiger partial charge in [0.2, 0.25) is 0 Å². The molecule has 182 valence electrons. The third-order valence-corrected chi connectivity index (χ3v) is 8.49. The van der Waals surface area contributed by atoms with Gasteiger partial charge in [0, 0.05) is 23.7 Å². The van der Waals surface area contributed by atoms with Gasteiger partial charge < -0.3 is 10.2 Å². The normalized spacial score (nSPS) is 16.6. The fourth-order valence-electron chi connectivity index (χ4n) is 3.59. The Morgan fingerprint density at radius 3 is 2.32 bits per heavy atom. The molecule has 2 aliphatic heterocycles. The number of anilines is 1. The van der Waals surface area contributed by atoms with E-state index < -0.39 is 0 Å². The first kappa shape index (κ1) is 27.1. The molecule has 0 bridgehead atoms. The first-order chi connectivity index (χ1) is 16.4. The second-order valence-electron chi connectivity index (χ2n) is 8.48. The maximum Gasteiger partial charge on any atom is 0.170 e. The van der Waals surface area contributed by atoms with Crippen LogP contribution in [0, 0.1) is 0 Å². The van der Waals surface area contributed by atoms with Crippen molar-refractivity contribution in [2.24, 2.45) is 9.98 Å². The molecule has 4 nitrogen and oxygen atoms in total. The summed E-state index contributed by atoms with van der Waals surface area (Å²) in [4.78, 5) is 11.4. The quantitative estimate of drug-likeness (QED) is 0.406. The molecule has 0 aliphatic carbocycles. The van der Waals surface area contributed by atoms with Gasteiger partial charge in [-0.15, -0.1) is 0 Å². The highest BCUT2D eigenvalue weighted by Gasteiger charge is 2.23. The van der Waals surface area contributed by atoms with Crippen LogP contribution >= 0.6 is 47.5 Å². The number of benzene rings is 2. The fraction of sp³-hybridized carbons (Fsp3) is 0.423. The van der Waals surface area contributed by atoms with Crippen LogP contribution in [0.1, 0.15) is 50.7 Å². The van der Waals surface area contributed by atoms with E-state index in [0.717, 1.165) is 44.9 Å². The number of hydrogen-bond donors (Lipinski definition) is 1. The number of nitrogens with one attached hydrogen (secondary N) is 1. The second-order valence-corrected chi connectivity index (χ2v) is 12.1. The van der Waals surface area contributed by atoms with Gasteiger partial charge in [0.25, 0.3) is 0 Å². The third kappa shape index (κ3) is 7.51. The van der Waals surface area contributed by atoms with Crippen LogP contribution in [0.5, 0.6) is 0 Å². The molecule has 1 fully saturated rings. The number of para-hydroxylation sites is 2. The Labute approximate surface area is 222 Å². The van der Waals surface area contributed by atoms with Crippen molar-refractivity contribution in [1.29, 1.82) is 0 Å². The molecule has 2 aromatic carbocycles. The van der Waals surface area contributed by atoms with E-state index in [0.29, 0.717) is 11.8 Å². The molecule has 0 amide bonds. The Hall–Kier alpha value is -1.48. The highest BCUT2D eigenvalue weighted by molar-refractivity contribution is 8.23. The number of nitrogens with zero attached hydrogens (tertiary/aromatic N) is 3. The van der Waals surface area contributed by atoms with E-state index in [1.54, 1.807) is 35.3 Å². The minimum absolute atomic E-state index is 0.480. The monoisotopic (exact) mass is 530 g/mol. The minimum Gasteiger partial charge on any atom is -0.335 e. The molecule has 0 aromatic heterocycles. The van der Waals surface area contributed by atoms with Gasteiger partial charge in [-0.2, -0.15) is 0 Å². The molecule has 1 N–H and O–H groups in total. The molecule has 2 heterocycles. The zero-order valence-electron chi connectivity index (χ0n) is 20.6. The molecule has 4 rings (SSSR count). The van der Waals surface area contributed by atoms with Crippen molar-refractivity contribution in [1.82, 2.24) is 4.90 Å². The van der Waals surface area contributed by atoms with Crippen molar-refractivity contribution >= 4 is 73.5 Å². The Morgan fingerprint density at radius 2 is 1.68 bits per heavy atom. The van der Waals surface area contributed by atoms with Crippen molar-refractivity contribution in [3.05, 3.63) is 59.7 Å². The smallest absolute Gasteiger partial charge is 0.170 e. The summed E-state index contributed by atoms with van der Waals surface area (Å²) in [5.41, 5.74) is 4.90. The van der Waals surface area contributed by atoms with Crippen LogP contribution in [0.2, 0.25) is 0 Å². The van der Waals surface area contributed by atoms with E-state index in [9.17, 15) is 0 Å². The average Bonchev–Trinajstić information content (AvgIpc) is 3.52. The van der Waals surface area contributed by atoms with Crippen LogP contribution in [0.25, 0.3) is 0 Å². The number of rotatable bonds is 4. The number of thiocarbonyl (C=S) groups is 1. The fourth-order valence-corrected chi connectivity index (χ4v) is 5.98. The maximum absolute atomic E-state index is 5.39. The summed E-state index contributed by atoms with van der Waals surface area (Å²) in [5.74, 6) is 3.18. The predicted octanol–water partition coefficient (Wildman–Crippen LogP) is 7.82. The highest BCUT2D eigenvalue weighted by atomic mass is 32.2. The van der Waals surface area contributed by atoms with Crippen LogP contribution in [0.4, 0.5) is 11.4 Å². The van der Waals surface area contributed by atoms with Gasteiger partial charge in [0.1, 0.15) is 4.32 Å². The lowest BCUT2D eigenvalue weighted by molar-refractivity contribution is 0.701. The first-order valence-corrected chi connectivity index (χ1v) is 15.2. The lowest BCUT2D eigenvalue weighted by atomic mass is 10.0. The van der Waals surface area contributed by atoms with Gasteiger partial charge in [0.15, 0.2) is 10.3 Å². The zero-order chi connectivity index (χ0) is 24.5. The molecule has 2 aliphatic rings. The molecule has 8 heteroatoms. The largest absolute Gasteiger partial charge is 0.335 e. The highest BCUT2D eigenvalue weighted by Crippen LogP contribution is 2.30. The molecule has 0 atom stereocenters. The number of hydrogen-bond acceptors (Lipinski definition) is 7. The summed E-state index contributed by atoms with van der Waals surface area (Å²) >= 11 is 10.6. The predicted molar refractivity (Wildman–Crippen MR) is 162 cm³/mol. The summed E-state index contributed by atoms with van der Waals surface area (Å²) in [7, 11) is 0. The SMILES string of the molecule is CC(C)c1ccccc1NC1=NCCS1.CSC(=S)N1CCSC1=Nc1ccccc1C(C)C. The van der Waals surface area contributed by atoms with E-state index in [2.05, 4.69) is 85.4 Å². The van der Waals surface area contributed by atoms with Crippen LogP contribution in [-0.2, 0) is 0 Å². The summed E-state index contributed by atoms with van der Waals surface area (Å²) in [6, 6.07) is 16.8. The van der Waals surface area contributed by atoms with E-state index >= 15 is 0 Å². The number of aliphatic imine (C=N–C) groups is 2. The van der Waals surface area contributed by atoms with Crippen LogP contribution in [-0.4, -0.2) is 50.4 Å². The molecular formula is C26H34N4S4. The Morgan fingerprint density at radius 1 is 1.00 bits per heavy atom. The summed E-state index contributed by atoms with van der Waals surface area (Å²) in [6.07, 6.45) is 2.02. The Kier molecular flexibility index (Phi) is 10.8.